The van der Waals surface area contributed by atoms with Crippen LogP contribution in [0.5, 0.6) is 0 Å². The molecule has 17 heavy (non-hydrogen) atoms. The summed E-state index contributed by atoms with van der Waals surface area (Å²) in [6.45, 7) is 2.10. The van der Waals surface area contributed by atoms with E-state index in [-0.39, 0.29) is 11.7 Å². The molecule has 0 saturated carbocycles. The van der Waals surface area contributed by atoms with E-state index in [0.29, 0.717) is 6.54 Å². The lowest BCUT2D eigenvalue weighted by Gasteiger charge is -2.22. The molecule has 0 bridgehead atoms. The van der Waals surface area contributed by atoms with Crippen LogP contribution in [-0.2, 0) is 16.6 Å². The molecule has 1 unspecified atom stereocenters. The molecular formula is C11H18N2O3S. The van der Waals surface area contributed by atoms with Crippen molar-refractivity contribution in [2.45, 2.75) is 19.4 Å². The van der Waals surface area contributed by atoms with Gasteiger partial charge in [0.05, 0.1) is 18.3 Å². The molecule has 2 rings (SSSR count). The van der Waals surface area contributed by atoms with Gasteiger partial charge in [0.15, 0.2) is 0 Å². The summed E-state index contributed by atoms with van der Waals surface area (Å²) in [5, 5.41) is 3.22. The van der Waals surface area contributed by atoms with Crippen molar-refractivity contribution in [3.63, 3.8) is 0 Å². The standard InChI is InChI=1S/C11H18N2O3S/c14-17(15,9-11-2-1-4-12-6-11)13-7-10-3-5-16-8-10/h3,5,8,11-13H,1-2,4,6-7,9H2. The van der Waals surface area contributed by atoms with Crippen molar-refractivity contribution in [2.24, 2.45) is 5.92 Å². The first kappa shape index (κ1) is 12.6. The summed E-state index contributed by atoms with van der Waals surface area (Å²) in [6.07, 6.45) is 5.13. The number of hydrogen-bond donors (Lipinski definition) is 2. The summed E-state index contributed by atoms with van der Waals surface area (Å²) >= 11 is 0. The summed E-state index contributed by atoms with van der Waals surface area (Å²) in [6, 6.07) is 1.75. The van der Waals surface area contributed by atoms with Crippen molar-refractivity contribution in [1.82, 2.24) is 10.0 Å². The van der Waals surface area contributed by atoms with E-state index in [1.54, 1.807) is 12.3 Å². The lowest BCUT2D eigenvalue weighted by molar-refractivity contribution is 0.402. The average Bonchev–Trinajstić information content (AvgIpc) is 2.80. The molecule has 0 radical (unpaired) electrons. The normalized spacial score (nSPS) is 21.5. The first-order valence-corrected chi connectivity index (χ1v) is 7.50. The van der Waals surface area contributed by atoms with E-state index < -0.39 is 10.0 Å². The Bertz CT molecular complexity index is 422. The predicted octanol–water partition coefficient (Wildman–Crippen LogP) is 0.699. The zero-order valence-corrected chi connectivity index (χ0v) is 10.5. The molecule has 96 valence electrons. The number of sulfonamides is 1. The average molecular weight is 258 g/mol. The minimum atomic E-state index is -3.19. The van der Waals surface area contributed by atoms with Crippen LogP contribution >= 0.6 is 0 Å². The maximum absolute atomic E-state index is 11.8. The van der Waals surface area contributed by atoms with E-state index in [1.165, 1.54) is 6.26 Å². The third-order valence-corrected chi connectivity index (χ3v) is 4.42. The molecule has 0 spiro atoms. The molecule has 2 N–H and O–H groups in total. The second-order valence-electron chi connectivity index (χ2n) is 4.45. The molecule has 1 aromatic heterocycles. The fourth-order valence-electron chi connectivity index (χ4n) is 2.02. The monoisotopic (exact) mass is 258 g/mol. The molecule has 1 aliphatic rings. The Labute approximate surface area is 102 Å². The highest BCUT2D eigenvalue weighted by molar-refractivity contribution is 7.89. The molecule has 0 aromatic carbocycles. The second-order valence-corrected chi connectivity index (χ2v) is 6.30. The lowest BCUT2D eigenvalue weighted by Crippen LogP contribution is -2.37. The van der Waals surface area contributed by atoms with Crippen molar-refractivity contribution < 1.29 is 12.8 Å². The van der Waals surface area contributed by atoms with E-state index in [2.05, 4.69) is 10.0 Å². The summed E-state index contributed by atoms with van der Waals surface area (Å²) < 4.78 is 31.1. The van der Waals surface area contributed by atoms with Crippen LogP contribution < -0.4 is 10.0 Å². The summed E-state index contributed by atoms with van der Waals surface area (Å²) in [7, 11) is -3.19. The minimum absolute atomic E-state index is 0.206. The maximum Gasteiger partial charge on any atom is 0.212 e. The Morgan fingerprint density at radius 2 is 2.41 bits per heavy atom. The van der Waals surface area contributed by atoms with Crippen LogP contribution in [0.2, 0.25) is 0 Å². The van der Waals surface area contributed by atoms with Gasteiger partial charge in [-0.25, -0.2) is 13.1 Å². The summed E-state index contributed by atoms with van der Waals surface area (Å²) in [5.41, 5.74) is 0.843. The van der Waals surface area contributed by atoms with E-state index in [4.69, 9.17) is 4.42 Å². The highest BCUT2D eigenvalue weighted by Crippen LogP contribution is 2.12. The molecule has 2 heterocycles. The van der Waals surface area contributed by atoms with Crippen LogP contribution in [0, 0.1) is 5.92 Å². The predicted molar refractivity (Wildman–Crippen MR) is 64.9 cm³/mol. The fourth-order valence-corrected chi connectivity index (χ4v) is 3.43. The molecule has 0 aliphatic carbocycles. The van der Waals surface area contributed by atoms with Crippen molar-refractivity contribution >= 4 is 10.0 Å². The van der Waals surface area contributed by atoms with Gasteiger partial charge >= 0.3 is 0 Å². The van der Waals surface area contributed by atoms with Gasteiger partial charge in [-0.2, -0.15) is 0 Å². The van der Waals surface area contributed by atoms with E-state index >= 15 is 0 Å². The largest absolute Gasteiger partial charge is 0.472 e. The Morgan fingerprint density at radius 3 is 3.06 bits per heavy atom. The summed E-state index contributed by atoms with van der Waals surface area (Å²) in [4.78, 5) is 0. The first-order chi connectivity index (χ1) is 8.16. The van der Waals surface area contributed by atoms with Crippen molar-refractivity contribution in [2.75, 3.05) is 18.8 Å². The third kappa shape index (κ3) is 4.14. The van der Waals surface area contributed by atoms with Crippen molar-refractivity contribution in [3.8, 4) is 0 Å². The Balaban J connectivity index is 1.81. The molecule has 6 heteroatoms. The summed E-state index contributed by atoms with van der Waals surface area (Å²) in [5.74, 6) is 0.434. The van der Waals surface area contributed by atoms with Gasteiger partial charge in [-0.3, -0.25) is 0 Å². The SMILES string of the molecule is O=S(=O)(CC1CCCNC1)NCc1ccoc1. The van der Waals surface area contributed by atoms with Gasteiger partial charge in [-0.15, -0.1) is 0 Å². The Kier molecular flexibility index (Phi) is 4.20. The maximum atomic E-state index is 11.8. The smallest absolute Gasteiger partial charge is 0.212 e. The molecular weight excluding hydrogens is 240 g/mol. The van der Waals surface area contributed by atoms with Crippen LogP contribution in [0.25, 0.3) is 0 Å². The van der Waals surface area contributed by atoms with E-state index in [9.17, 15) is 8.42 Å². The number of rotatable bonds is 5. The van der Waals surface area contributed by atoms with Crippen LogP contribution in [0.1, 0.15) is 18.4 Å². The Hall–Kier alpha value is -0.850. The van der Waals surface area contributed by atoms with Crippen LogP contribution in [0.15, 0.2) is 23.0 Å². The van der Waals surface area contributed by atoms with Crippen molar-refractivity contribution in [3.05, 3.63) is 24.2 Å². The van der Waals surface area contributed by atoms with Gasteiger partial charge in [-0.05, 0) is 37.9 Å². The molecule has 1 aliphatic heterocycles. The van der Waals surface area contributed by atoms with Gasteiger partial charge in [0.2, 0.25) is 10.0 Å². The molecule has 1 saturated heterocycles. The Morgan fingerprint density at radius 1 is 1.53 bits per heavy atom. The van der Waals surface area contributed by atoms with Crippen molar-refractivity contribution in [1.29, 1.82) is 0 Å². The number of nitrogens with one attached hydrogen (secondary N) is 2. The zero-order valence-electron chi connectivity index (χ0n) is 9.69. The van der Waals surface area contributed by atoms with Gasteiger partial charge in [0.25, 0.3) is 0 Å². The topological polar surface area (TPSA) is 71.3 Å². The third-order valence-electron chi connectivity index (χ3n) is 2.93. The van der Waals surface area contributed by atoms with E-state index in [0.717, 1.165) is 31.5 Å². The van der Waals surface area contributed by atoms with Gasteiger partial charge in [0, 0.05) is 12.1 Å². The van der Waals surface area contributed by atoms with E-state index in [1.807, 2.05) is 0 Å². The molecule has 1 fully saturated rings. The second kappa shape index (κ2) is 5.66. The van der Waals surface area contributed by atoms with Crippen LogP contribution in [-0.4, -0.2) is 27.3 Å². The molecule has 0 amide bonds. The van der Waals surface area contributed by atoms with Gasteiger partial charge in [0.1, 0.15) is 0 Å². The molecule has 1 atom stereocenters. The highest BCUT2D eigenvalue weighted by atomic mass is 32.2. The van der Waals surface area contributed by atoms with Crippen LogP contribution in [0.4, 0.5) is 0 Å². The quantitative estimate of drug-likeness (QED) is 0.815. The first-order valence-electron chi connectivity index (χ1n) is 5.85. The van der Waals surface area contributed by atoms with Gasteiger partial charge < -0.3 is 9.73 Å². The molecule has 1 aromatic rings. The number of piperidine rings is 1. The van der Waals surface area contributed by atoms with Gasteiger partial charge in [-0.1, -0.05) is 0 Å². The zero-order chi connectivity index (χ0) is 12.1. The molecule has 5 nitrogen and oxygen atoms in total. The highest BCUT2D eigenvalue weighted by Gasteiger charge is 2.20. The minimum Gasteiger partial charge on any atom is -0.472 e. The van der Waals surface area contributed by atoms with Crippen LogP contribution in [0.3, 0.4) is 0 Å². The lowest BCUT2D eigenvalue weighted by atomic mass is 10.0. The fraction of sp³-hybridized carbons (Fsp3) is 0.636. The number of hydrogen-bond acceptors (Lipinski definition) is 4. The number of furan rings is 1.